The average molecular weight is 333 g/mol. The molecule has 0 fully saturated rings. The standard InChI is InChI=1S/C13H5F6N3O/c14-7-1-2-11(10(5-7)21-22-20)23-12-8(15)3-6(4-9(12)16)13(17,18)19/h1-5H. The van der Waals surface area contributed by atoms with E-state index in [1.807, 2.05) is 0 Å². The second-order valence-electron chi connectivity index (χ2n) is 4.17. The van der Waals surface area contributed by atoms with Crippen molar-refractivity contribution in [1.29, 1.82) is 0 Å². The molecule has 0 bridgehead atoms. The summed E-state index contributed by atoms with van der Waals surface area (Å²) in [5.74, 6) is -5.61. The van der Waals surface area contributed by atoms with Gasteiger partial charge in [0.1, 0.15) is 11.6 Å². The Morgan fingerprint density at radius 2 is 1.61 bits per heavy atom. The lowest BCUT2D eigenvalue weighted by atomic mass is 10.2. The molecule has 0 aliphatic carbocycles. The van der Waals surface area contributed by atoms with Crippen molar-refractivity contribution in [1.82, 2.24) is 0 Å². The Morgan fingerprint density at radius 1 is 1.00 bits per heavy atom. The van der Waals surface area contributed by atoms with E-state index < -0.39 is 46.4 Å². The zero-order chi connectivity index (χ0) is 17.2. The Morgan fingerprint density at radius 3 is 2.13 bits per heavy atom. The molecule has 0 aliphatic rings. The van der Waals surface area contributed by atoms with Crippen molar-refractivity contribution in [3.05, 3.63) is 63.8 Å². The van der Waals surface area contributed by atoms with Crippen LogP contribution in [0.15, 0.2) is 35.4 Å². The zero-order valence-electron chi connectivity index (χ0n) is 10.9. The summed E-state index contributed by atoms with van der Waals surface area (Å²) in [5.41, 5.74) is 6.39. The summed E-state index contributed by atoms with van der Waals surface area (Å²) >= 11 is 0. The lowest BCUT2D eigenvalue weighted by molar-refractivity contribution is -0.138. The molecule has 2 aromatic carbocycles. The highest BCUT2D eigenvalue weighted by atomic mass is 19.4. The van der Waals surface area contributed by atoms with E-state index in [2.05, 4.69) is 10.0 Å². The molecule has 2 rings (SSSR count). The van der Waals surface area contributed by atoms with Crippen molar-refractivity contribution in [3.8, 4) is 11.5 Å². The number of alkyl halides is 3. The summed E-state index contributed by atoms with van der Waals surface area (Å²) in [6.07, 6.45) is -4.94. The van der Waals surface area contributed by atoms with Crippen LogP contribution in [0.1, 0.15) is 5.56 Å². The summed E-state index contributed by atoms with van der Waals surface area (Å²) in [6, 6.07) is 2.60. The summed E-state index contributed by atoms with van der Waals surface area (Å²) in [4.78, 5) is 2.38. The minimum absolute atomic E-state index is 0.0508. The zero-order valence-corrected chi connectivity index (χ0v) is 10.9. The van der Waals surface area contributed by atoms with Gasteiger partial charge in [0.25, 0.3) is 0 Å². The van der Waals surface area contributed by atoms with Crippen molar-refractivity contribution in [2.75, 3.05) is 0 Å². The van der Waals surface area contributed by atoms with Gasteiger partial charge in [0.05, 0.1) is 11.3 Å². The molecule has 0 saturated carbocycles. The number of ether oxygens (including phenoxy) is 1. The van der Waals surface area contributed by atoms with Gasteiger partial charge in [-0.05, 0) is 35.9 Å². The van der Waals surface area contributed by atoms with Gasteiger partial charge < -0.3 is 4.74 Å². The molecule has 0 amide bonds. The fourth-order valence-corrected chi connectivity index (χ4v) is 1.63. The van der Waals surface area contributed by atoms with E-state index in [0.29, 0.717) is 0 Å². The van der Waals surface area contributed by atoms with Gasteiger partial charge in [0.15, 0.2) is 17.4 Å². The van der Waals surface area contributed by atoms with Crippen LogP contribution in [0, 0.1) is 17.5 Å². The highest BCUT2D eigenvalue weighted by Gasteiger charge is 2.33. The van der Waals surface area contributed by atoms with Crippen LogP contribution in [0.5, 0.6) is 11.5 Å². The maximum atomic E-state index is 13.7. The van der Waals surface area contributed by atoms with Crippen molar-refractivity contribution in [2.45, 2.75) is 6.18 Å². The molecular weight excluding hydrogens is 328 g/mol. The summed E-state index contributed by atoms with van der Waals surface area (Å²) in [5, 5.41) is 3.07. The second kappa shape index (κ2) is 6.09. The number of hydrogen-bond acceptors (Lipinski definition) is 2. The quantitative estimate of drug-likeness (QED) is 0.300. The Kier molecular flexibility index (Phi) is 4.37. The van der Waals surface area contributed by atoms with Crippen LogP contribution in [0.2, 0.25) is 0 Å². The molecule has 0 radical (unpaired) electrons. The van der Waals surface area contributed by atoms with Crippen LogP contribution in [-0.4, -0.2) is 0 Å². The van der Waals surface area contributed by atoms with Gasteiger partial charge in [0.2, 0.25) is 0 Å². The van der Waals surface area contributed by atoms with E-state index in [9.17, 15) is 26.3 Å². The summed E-state index contributed by atoms with van der Waals surface area (Å²) in [6.45, 7) is 0. The van der Waals surface area contributed by atoms with Gasteiger partial charge in [-0.3, -0.25) is 0 Å². The molecular formula is C13H5F6N3O. The van der Waals surface area contributed by atoms with Gasteiger partial charge in [0, 0.05) is 4.91 Å². The minimum atomic E-state index is -4.94. The smallest absolute Gasteiger partial charge is 0.416 e. The van der Waals surface area contributed by atoms with E-state index in [0.717, 1.165) is 18.2 Å². The van der Waals surface area contributed by atoms with Crippen LogP contribution in [0.4, 0.5) is 32.0 Å². The third-order valence-electron chi connectivity index (χ3n) is 2.61. The van der Waals surface area contributed by atoms with Crippen molar-refractivity contribution < 1.29 is 31.1 Å². The highest BCUT2D eigenvalue weighted by molar-refractivity contribution is 5.53. The SMILES string of the molecule is [N-]=[N+]=Nc1cc(F)ccc1Oc1c(F)cc(C(F)(F)F)cc1F. The topological polar surface area (TPSA) is 58.0 Å². The molecule has 0 unspecified atom stereocenters. The summed E-state index contributed by atoms with van der Waals surface area (Å²) < 4.78 is 82.5. The fourth-order valence-electron chi connectivity index (χ4n) is 1.63. The molecule has 0 aromatic heterocycles. The lowest BCUT2D eigenvalue weighted by Gasteiger charge is -2.12. The Bertz CT molecular complexity index is 776. The van der Waals surface area contributed by atoms with Crippen LogP contribution in [0.25, 0.3) is 10.4 Å². The number of azide groups is 1. The molecule has 0 N–H and O–H groups in total. The van der Waals surface area contributed by atoms with Crippen LogP contribution in [0.3, 0.4) is 0 Å². The van der Waals surface area contributed by atoms with Gasteiger partial charge in [-0.2, -0.15) is 13.2 Å². The van der Waals surface area contributed by atoms with Crippen LogP contribution >= 0.6 is 0 Å². The average Bonchev–Trinajstić information content (AvgIpc) is 2.44. The molecule has 0 atom stereocenters. The Labute approximate surface area is 124 Å². The first kappa shape index (κ1) is 16.5. The van der Waals surface area contributed by atoms with E-state index in [1.165, 1.54) is 0 Å². The Hall–Kier alpha value is -2.87. The van der Waals surface area contributed by atoms with E-state index in [-0.39, 0.29) is 12.1 Å². The predicted molar refractivity (Wildman–Crippen MR) is 66.6 cm³/mol. The summed E-state index contributed by atoms with van der Waals surface area (Å²) in [7, 11) is 0. The fraction of sp³-hybridized carbons (Fsp3) is 0.0769. The largest absolute Gasteiger partial charge is 0.451 e. The molecule has 0 spiro atoms. The van der Waals surface area contributed by atoms with E-state index in [1.54, 1.807) is 0 Å². The molecule has 4 nitrogen and oxygen atoms in total. The van der Waals surface area contributed by atoms with Gasteiger partial charge in [-0.15, -0.1) is 0 Å². The molecule has 0 heterocycles. The predicted octanol–water partition coefficient (Wildman–Crippen LogP) is 5.86. The number of halogens is 6. The van der Waals surface area contributed by atoms with Crippen molar-refractivity contribution >= 4 is 5.69 Å². The number of rotatable bonds is 3. The number of nitrogens with zero attached hydrogens (tertiary/aromatic N) is 3. The first-order valence-corrected chi connectivity index (χ1v) is 5.81. The monoisotopic (exact) mass is 333 g/mol. The van der Waals surface area contributed by atoms with Crippen molar-refractivity contribution in [2.24, 2.45) is 5.11 Å². The highest BCUT2D eigenvalue weighted by Crippen LogP contribution is 2.38. The van der Waals surface area contributed by atoms with Crippen LogP contribution in [-0.2, 0) is 6.18 Å². The third kappa shape index (κ3) is 3.67. The molecule has 2 aromatic rings. The van der Waals surface area contributed by atoms with Crippen LogP contribution < -0.4 is 4.74 Å². The normalized spacial score (nSPS) is 11.0. The number of benzene rings is 2. The second-order valence-corrected chi connectivity index (χ2v) is 4.17. The molecule has 0 saturated heterocycles. The third-order valence-corrected chi connectivity index (χ3v) is 2.61. The van der Waals surface area contributed by atoms with Gasteiger partial charge >= 0.3 is 6.18 Å². The maximum absolute atomic E-state index is 13.7. The van der Waals surface area contributed by atoms with Crippen molar-refractivity contribution in [3.63, 3.8) is 0 Å². The Balaban J connectivity index is 2.48. The first-order chi connectivity index (χ1) is 10.7. The molecule has 0 aliphatic heterocycles. The first-order valence-electron chi connectivity index (χ1n) is 5.81. The van der Waals surface area contributed by atoms with E-state index in [4.69, 9.17) is 10.3 Å². The van der Waals surface area contributed by atoms with Gasteiger partial charge in [-0.25, -0.2) is 13.2 Å². The maximum Gasteiger partial charge on any atom is 0.416 e. The van der Waals surface area contributed by atoms with E-state index >= 15 is 0 Å². The minimum Gasteiger partial charge on any atom is -0.451 e. The molecule has 10 heteroatoms. The van der Waals surface area contributed by atoms with Gasteiger partial charge in [-0.1, -0.05) is 5.11 Å². The molecule has 23 heavy (non-hydrogen) atoms. The molecule has 120 valence electrons. The number of hydrogen-bond donors (Lipinski definition) is 0. The lowest BCUT2D eigenvalue weighted by Crippen LogP contribution is -2.07.